The molecule has 0 spiro atoms. The van der Waals surface area contributed by atoms with Crippen molar-refractivity contribution in [3.63, 3.8) is 0 Å². The third-order valence-electron chi connectivity index (χ3n) is 6.54. The van der Waals surface area contributed by atoms with Gasteiger partial charge < -0.3 is 10.8 Å². The number of rotatable bonds is 5. The Morgan fingerprint density at radius 3 is 2.42 bits per heavy atom. The van der Waals surface area contributed by atoms with Gasteiger partial charge in [0.25, 0.3) is 0 Å². The Labute approximate surface area is 181 Å². The Hall–Kier alpha value is -3.06. The average molecular weight is 426 g/mol. The predicted octanol–water partition coefficient (Wildman–Crippen LogP) is 2.87. The number of hydrogen-bond donors (Lipinski definition) is 2. The molecule has 2 aromatic rings. The fourth-order valence-corrected chi connectivity index (χ4v) is 3.91. The van der Waals surface area contributed by atoms with Gasteiger partial charge in [-0.3, -0.25) is 14.5 Å². The summed E-state index contributed by atoms with van der Waals surface area (Å²) < 4.78 is 15.0. The molecular formula is C24H28FN3O3. The van der Waals surface area contributed by atoms with Crippen molar-refractivity contribution >= 4 is 17.6 Å². The smallest absolute Gasteiger partial charge is 0.237 e. The Balaban J connectivity index is 2.01. The zero-order valence-electron chi connectivity index (χ0n) is 18.4. The number of benzene rings is 2. The van der Waals surface area contributed by atoms with E-state index < -0.39 is 28.2 Å². The van der Waals surface area contributed by atoms with Gasteiger partial charge in [-0.15, -0.1) is 0 Å². The van der Waals surface area contributed by atoms with Crippen molar-refractivity contribution in [3.05, 3.63) is 71.0 Å². The second-order valence-corrected chi connectivity index (χ2v) is 8.88. The summed E-state index contributed by atoms with van der Waals surface area (Å²) in [5, 5.41) is 10.8. The minimum absolute atomic E-state index is 0.000264. The number of aliphatic imine (C=N–C) groups is 1. The predicted molar refractivity (Wildman–Crippen MR) is 117 cm³/mol. The number of hydrogen-bond acceptors (Lipinski definition) is 5. The summed E-state index contributed by atoms with van der Waals surface area (Å²) in [5.74, 6) is -1.26. The normalized spacial score (nSPS) is 22.6. The molecule has 0 fully saturated rings. The van der Waals surface area contributed by atoms with Gasteiger partial charge in [-0.25, -0.2) is 9.38 Å². The highest BCUT2D eigenvalue weighted by Gasteiger charge is 2.53. The molecule has 3 rings (SSSR count). The summed E-state index contributed by atoms with van der Waals surface area (Å²) in [7, 11) is 1.53. The van der Waals surface area contributed by atoms with Gasteiger partial charge in [-0.05, 0) is 51.0 Å². The molecule has 2 aromatic carbocycles. The summed E-state index contributed by atoms with van der Waals surface area (Å²) in [5.41, 5.74) is 3.06. The SMILES string of the molecule is CN1C(=O)C(C)(C)[C@@](C)(c2cc(CC(=O)C(C)(O)c3ccccc3)ccc2F)N=C1N. The van der Waals surface area contributed by atoms with Crippen molar-refractivity contribution in [3.8, 4) is 0 Å². The van der Waals surface area contributed by atoms with Gasteiger partial charge in [0.1, 0.15) is 17.0 Å². The molecule has 1 amide bonds. The standard InChI is InChI=1S/C24H28FN3O3/c1-22(2)20(30)28(5)21(26)27-24(22,4)17-13-15(11-12-18(17)25)14-19(29)23(3,31)16-9-7-6-8-10-16/h6-13,31H,14H2,1-5H3,(H2,26,27)/t23?,24-/m1/s1. The van der Waals surface area contributed by atoms with Crippen LogP contribution in [0.5, 0.6) is 0 Å². The van der Waals surface area contributed by atoms with Crippen molar-refractivity contribution < 1.29 is 19.1 Å². The van der Waals surface area contributed by atoms with E-state index in [2.05, 4.69) is 4.99 Å². The van der Waals surface area contributed by atoms with Gasteiger partial charge in [-0.2, -0.15) is 0 Å². The number of guanidine groups is 1. The first kappa shape index (κ1) is 22.6. The molecule has 0 aromatic heterocycles. The lowest BCUT2D eigenvalue weighted by Gasteiger charge is -2.46. The maximum absolute atomic E-state index is 15.0. The molecule has 0 aliphatic carbocycles. The number of nitrogens with two attached hydrogens (primary N) is 1. The molecule has 1 heterocycles. The number of Topliss-reactive ketones (excluding diaryl/α,β-unsaturated/α-hetero) is 1. The van der Waals surface area contributed by atoms with Crippen LogP contribution in [0.15, 0.2) is 53.5 Å². The highest BCUT2D eigenvalue weighted by molar-refractivity contribution is 6.01. The highest BCUT2D eigenvalue weighted by atomic mass is 19.1. The zero-order valence-corrected chi connectivity index (χ0v) is 18.4. The van der Waals surface area contributed by atoms with E-state index >= 15 is 0 Å². The maximum Gasteiger partial charge on any atom is 0.237 e. The van der Waals surface area contributed by atoms with Crippen LogP contribution in [0.25, 0.3) is 0 Å². The first-order chi connectivity index (χ1) is 14.3. The van der Waals surface area contributed by atoms with Crippen LogP contribution < -0.4 is 5.73 Å². The highest BCUT2D eigenvalue weighted by Crippen LogP contribution is 2.47. The molecule has 1 unspecified atom stereocenters. The van der Waals surface area contributed by atoms with Crippen molar-refractivity contribution in [1.29, 1.82) is 0 Å². The molecule has 0 saturated carbocycles. The lowest BCUT2D eigenvalue weighted by molar-refractivity contribution is -0.140. The number of nitrogens with zero attached hydrogens (tertiary/aromatic N) is 2. The van der Waals surface area contributed by atoms with Crippen LogP contribution in [0.4, 0.5) is 4.39 Å². The molecule has 0 saturated heterocycles. The fraction of sp³-hybridized carbons (Fsp3) is 0.375. The van der Waals surface area contributed by atoms with Crippen LogP contribution in [0.1, 0.15) is 44.4 Å². The lowest BCUT2D eigenvalue weighted by atomic mass is 9.67. The topological polar surface area (TPSA) is 96.0 Å². The molecule has 0 bridgehead atoms. The van der Waals surface area contributed by atoms with Crippen molar-refractivity contribution in [2.24, 2.45) is 16.1 Å². The van der Waals surface area contributed by atoms with Crippen LogP contribution in [0.2, 0.25) is 0 Å². The van der Waals surface area contributed by atoms with Crippen molar-refractivity contribution in [2.45, 2.75) is 45.3 Å². The van der Waals surface area contributed by atoms with Crippen molar-refractivity contribution in [2.75, 3.05) is 7.05 Å². The van der Waals surface area contributed by atoms with Crippen LogP contribution >= 0.6 is 0 Å². The first-order valence-electron chi connectivity index (χ1n) is 10.1. The van der Waals surface area contributed by atoms with E-state index in [4.69, 9.17) is 5.73 Å². The number of amides is 1. The number of halogens is 1. The van der Waals surface area contributed by atoms with Gasteiger partial charge in [0, 0.05) is 19.0 Å². The number of carbonyl (C=O) groups excluding carboxylic acids is 2. The lowest BCUT2D eigenvalue weighted by Crippen LogP contribution is -2.58. The minimum Gasteiger partial charge on any atom is -0.378 e. The van der Waals surface area contributed by atoms with Crippen LogP contribution in [0, 0.1) is 11.2 Å². The summed E-state index contributed by atoms with van der Waals surface area (Å²) in [6.45, 7) is 6.49. The zero-order chi connectivity index (χ0) is 23.2. The molecule has 7 heteroatoms. The van der Waals surface area contributed by atoms with E-state index in [1.165, 1.54) is 37.1 Å². The molecule has 3 N–H and O–H groups in total. The van der Waals surface area contributed by atoms with Gasteiger partial charge in [0.05, 0.1) is 5.41 Å². The van der Waals surface area contributed by atoms with E-state index in [1.807, 2.05) is 0 Å². The summed E-state index contributed by atoms with van der Waals surface area (Å²) in [6.07, 6.45) is -0.112. The summed E-state index contributed by atoms with van der Waals surface area (Å²) >= 11 is 0. The second-order valence-electron chi connectivity index (χ2n) is 8.88. The second kappa shape index (κ2) is 7.57. The largest absolute Gasteiger partial charge is 0.378 e. The van der Waals surface area contributed by atoms with E-state index in [0.29, 0.717) is 11.1 Å². The summed E-state index contributed by atoms with van der Waals surface area (Å²) in [4.78, 5) is 31.5. The van der Waals surface area contributed by atoms with Gasteiger partial charge in [0.2, 0.25) is 5.91 Å². The Morgan fingerprint density at radius 1 is 1.19 bits per heavy atom. The maximum atomic E-state index is 15.0. The Morgan fingerprint density at radius 2 is 1.81 bits per heavy atom. The fourth-order valence-electron chi connectivity index (χ4n) is 3.91. The quantitative estimate of drug-likeness (QED) is 0.770. The van der Waals surface area contributed by atoms with Crippen molar-refractivity contribution in [1.82, 2.24) is 4.90 Å². The molecule has 6 nitrogen and oxygen atoms in total. The molecule has 164 valence electrons. The third-order valence-corrected chi connectivity index (χ3v) is 6.54. The molecular weight excluding hydrogens is 397 g/mol. The molecule has 31 heavy (non-hydrogen) atoms. The third kappa shape index (κ3) is 3.63. The molecule has 0 radical (unpaired) electrons. The molecule has 2 atom stereocenters. The van der Waals surface area contributed by atoms with E-state index in [0.717, 1.165) is 0 Å². The van der Waals surface area contributed by atoms with E-state index in [1.54, 1.807) is 51.1 Å². The van der Waals surface area contributed by atoms with Crippen LogP contribution in [-0.2, 0) is 27.1 Å². The van der Waals surface area contributed by atoms with E-state index in [-0.39, 0.29) is 23.9 Å². The number of ketones is 1. The molecule has 1 aliphatic heterocycles. The average Bonchev–Trinajstić information content (AvgIpc) is 2.73. The van der Waals surface area contributed by atoms with Gasteiger partial charge in [0.15, 0.2) is 11.7 Å². The Bertz CT molecular complexity index is 1060. The molecule has 1 aliphatic rings. The number of aliphatic hydroxyl groups is 1. The summed E-state index contributed by atoms with van der Waals surface area (Å²) in [6, 6.07) is 12.9. The van der Waals surface area contributed by atoms with Gasteiger partial charge in [-0.1, -0.05) is 36.4 Å². The Kier molecular flexibility index (Phi) is 5.52. The van der Waals surface area contributed by atoms with Crippen LogP contribution in [-0.4, -0.2) is 34.7 Å². The first-order valence-corrected chi connectivity index (χ1v) is 10.1. The number of carbonyl (C=O) groups is 2. The van der Waals surface area contributed by atoms with Gasteiger partial charge >= 0.3 is 0 Å². The monoisotopic (exact) mass is 425 g/mol. The van der Waals surface area contributed by atoms with Crippen LogP contribution in [0.3, 0.4) is 0 Å². The van der Waals surface area contributed by atoms with E-state index in [9.17, 15) is 19.1 Å². The minimum atomic E-state index is -1.69.